The minimum absolute atomic E-state index is 0.183. The van der Waals surface area contributed by atoms with Crippen LogP contribution in [0.1, 0.15) is 11.1 Å². The largest absolute Gasteiger partial charge is 0.359 e. The van der Waals surface area contributed by atoms with Crippen LogP contribution in [0, 0.1) is 12.7 Å². The molecule has 19 heavy (non-hydrogen) atoms. The van der Waals surface area contributed by atoms with Crippen molar-refractivity contribution in [3.63, 3.8) is 0 Å². The van der Waals surface area contributed by atoms with Crippen molar-refractivity contribution in [3.05, 3.63) is 57.9 Å². The molecule has 1 aromatic carbocycles. The summed E-state index contributed by atoms with van der Waals surface area (Å²) in [5, 5.41) is 0. The lowest BCUT2D eigenvalue weighted by Crippen LogP contribution is -2.21. The molecular weight excluding hydrogens is 307 g/mol. The van der Waals surface area contributed by atoms with E-state index in [4.69, 9.17) is 0 Å². The Morgan fingerprint density at radius 3 is 2.79 bits per heavy atom. The molecule has 0 aliphatic heterocycles. The Bertz CT molecular complexity index is 572. The van der Waals surface area contributed by atoms with Gasteiger partial charge in [0.05, 0.1) is 0 Å². The fraction of sp³-hybridized carbons (Fsp3) is 0.267. The fourth-order valence-corrected chi connectivity index (χ4v) is 2.05. The van der Waals surface area contributed by atoms with Gasteiger partial charge >= 0.3 is 0 Å². The zero-order valence-electron chi connectivity index (χ0n) is 11.0. The van der Waals surface area contributed by atoms with Crippen molar-refractivity contribution < 1.29 is 4.39 Å². The molecule has 0 saturated carbocycles. The van der Waals surface area contributed by atoms with E-state index in [1.165, 1.54) is 6.07 Å². The summed E-state index contributed by atoms with van der Waals surface area (Å²) in [6.45, 7) is 2.84. The lowest BCUT2D eigenvalue weighted by Gasteiger charge is -2.18. The van der Waals surface area contributed by atoms with E-state index < -0.39 is 0 Å². The Morgan fingerprint density at radius 1 is 1.32 bits per heavy atom. The van der Waals surface area contributed by atoms with E-state index in [0.717, 1.165) is 34.4 Å². The number of hydrogen-bond donors (Lipinski definition) is 0. The molecular formula is C15H16BrFN2. The molecule has 0 aliphatic rings. The summed E-state index contributed by atoms with van der Waals surface area (Å²) in [6, 6.07) is 8.76. The summed E-state index contributed by atoms with van der Waals surface area (Å²) in [7, 11) is 2.00. The molecule has 2 aromatic rings. The third-order valence-corrected chi connectivity index (χ3v) is 3.88. The summed E-state index contributed by atoms with van der Waals surface area (Å²) in [6.07, 6.45) is 2.61. The fourth-order valence-electron chi connectivity index (χ4n) is 1.84. The monoisotopic (exact) mass is 322 g/mol. The SMILES string of the molecule is Cc1cc(N(C)CCc2cccc(F)c2)ncc1Br. The van der Waals surface area contributed by atoms with E-state index in [-0.39, 0.29) is 5.82 Å². The molecule has 0 saturated heterocycles. The predicted octanol–water partition coefficient (Wildman–Crippen LogP) is 3.97. The first-order valence-electron chi connectivity index (χ1n) is 6.14. The van der Waals surface area contributed by atoms with Crippen LogP contribution in [0.15, 0.2) is 41.0 Å². The van der Waals surface area contributed by atoms with Crippen molar-refractivity contribution >= 4 is 21.7 Å². The minimum atomic E-state index is -0.183. The normalized spacial score (nSPS) is 10.5. The van der Waals surface area contributed by atoms with Gasteiger partial charge < -0.3 is 4.90 Å². The number of benzene rings is 1. The molecule has 0 unspecified atom stereocenters. The van der Waals surface area contributed by atoms with Gasteiger partial charge in [-0.25, -0.2) is 9.37 Å². The molecule has 0 N–H and O–H groups in total. The maximum absolute atomic E-state index is 13.1. The second kappa shape index (κ2) is 6.15. The van der Waals surface area contributed by atoms with Crippen LogP contribution in [0.3, 0.4) is 0 Å². The Morgan fingerprint density at radius 2 is 2.11 bits per heavy atom. The van der Waals surface area contributed by atoms with Crippen LogP contribution >= 0.6 is 15.9 Å². The van der Waals surface area contributed by atoms with Crippen LogP contribution in [0.5, 0.6) is 0 Å². The third-order valence-electron chi connectivity index (χ3n) is 3.05. The Hall–Kier alpha value is -1.42. The molecule has 0 radical (unpaired) electrons. The average Bonchev–Trinajstić information content (AvgIpc) is 2.39. The summed E-state index contributed by atoms with van der Waals surface area (Å²) >= 11 is 3.44. The van der Waals surface area contributed by atoms with Crippen molar-refractivity contribution in [1.82, 2.24) is 4.98 Å². The standard InChI is InChI=1S/C15H16BrFN2/c1-11-8-15(18-10-14(11)16)19(2)7-6-12-4-3-5-13(17)9-12/h3-5,8-10H,6-7H2,1-2H3. The Labute approximate surface area is 121 Å². The van der Waals surface area contributed by atoms with E-state index in [0.29, 0.717) is 0 Å². The van der Waals surface area contributed by atoms with E-state index in [1.54, 1.807) is 12.1 Å². The number of nitrogens with zero attached hydrogens (tertiary/aromatic N) is 2. The van der Waals surface area contributed by atoms with Gasteiger partial charge in [0.25, 0.3) is 0 Å². The van der Waals surface area contributed by atoms with Gasteiger partial charge in [0.2, 0.25) is 0 Å². The number of hydrogen-bond acceptors (Lipinski definition) is 2. The van der Waals surface area contributed by atoms with Gasteiger partial charge in [-0.1, -0.05) is 12.1 Å². The van der Waals surface area contributed by atoms with Gasteiger partial charge in [-0.3, -0.25) is 0 Å². The van der Waals surface area contributed by atoms with Gasteiger partial charge in [0.1, 0.15) is 11.6 Å². The van der Waals surface area contributed by atoms with E-state index in [2.05, 4.69) is 25.8 Å². The number of rotatable bonds is 4. The zero-order chi connectivity index (χ0) is 13.8. The van der Waals surface area contributed by atoms with Crippen molar-refractivity contribution in [1.29, 1.82) is 0 Å². The highest BCUT2D eigenvalue weighted by atomic mass is 79.9. The molecule has 1 heterocycles. The molecule has 0 bridgehead atoms. The predicted molar refractivity (Wildman–Crippen MR) is 80.0 cm³/mol. The molecule has 0 atom stereocenters. The maximum atomic E-state index is 13.1. The quantitative estimate of drug-likeness (QED) is 0.846. The van der Waals surface area contributed by atoms with Crippen molar-refractivity contribution in [2.24, 2.45) is 0 Å². The maximum Gasteiger partial charge on any atom is 0.128 e. The molecule has 0 amide bonds. The number of anilines is 1. The van der Waals surface area contributed by atoms with Gasteiger partial charge in [0.15, 0.2) is 0 Å². The van der Waals surface area contributed by atoms with Gasteiger partial charge in [-0.15, -0.1) is 0 Å². The second-order valence-corrected chi connectivity index (χ2v) is 5.45. The van der Waals surface area contributed by atoms with Gasteiger partial charge in [-0.2, -0.15) is 0 Å². The molecule has 100 valence electrons. The highest BCUT2D eigenvalue weighted by Crippen LogP contribution is 2.19. The topological polar surface area (TPSA) is 16.1 Å². The highest BCUT2D eigenvalue weighted by molar-refractivity contribution is 9.10. The van der Waals surface area contributed by atoms with Crippen LogP contribution in [-0.2, 0) is 6.42 Å². The van der Waals surface area contributed by atoms with Crippen LogP contribution in [0.4, 0.5) is 10.2 Å². The number of aromatic nitrogens is 1. The molecule has 2 rings (SSSR count). The lowest BCUT2D eigenvalue weighted by atomic mass is 10.1. The van der Waals surface area contributed by atoms with Crippen LogP contribution in [0.25, 0.3) is 0 Å². The van der Waals surface area contributed by atoms with Gasteiger partial charge in [0, 0.05) is 24.3 Å². The van der Waals surface area contributed by atoms with Crippen LogP contribution in [-0.4, -0.2) is 18.6 Å². The lowest BCUT2D eigenvalue weighted by molar-refractivity contribution is 0.625. The van der Waals surface area contributed by atoms with Crippen molar-refractivity contribution in [3.8, 4) is 0 Å². The first kappa shape index (κ1) is 14.0. The molecule has 4 heteroatoms. The third kappa shape index (κ3) is 3.77. The van der Waals surface area contributed by atoms with Crippen molar-refractivity contribution in [2.45, 2.75) is 13.3 Å². The number of pyridine rings is 1. The first-order valence-corrected chi connectivity index (χ1v) is 6.93. The van der Waals surface area contributed by atoms with Crippen LogP contribution in [0.2, 0.25) is 0 Å². The average molecular weight is 323 g/mol. The van der Waals surface area contributed by atoms with E-state index in [1.807, 2.05) is 32.3 Å². The molecule has 0 spiro atoms. The summed E-state index contributed by atoms with van der Waals surface area (Å²) < 4.78 is 14.1. The first-order chi connectivity index (χ1) is 9.06. The molecule has 2 nitrogen and oxygen atoms in total. The minimum Gasteiger partial charge on any atom is -0.359 e. The highest BCUT2D eigenvalue weighted by Gasteiger charge is 2.05. The second-order valence-electron chi connectivity index (χ2n) is 4.59. The number of halogens is 2. The van der Waals surface area contributed by atoms with E-state index in [9.17, 15) is 4.39 Å². The summed E-state index contributed by atoms with van der Waals surface area (Å²) in [4.78, 5) is 6.45. The smallest absolute Gasteiger partial charge is 0.128 e. The Kier molecular flexibility index (Phi) is 4.53. The summed E-state index contributed by atoms with van der Waals surface area (Å²) in [5.74, 6) is 0.745. The Balaban J connectivity index is 2.01. The van der Waals surface area contributed by atoms with Crippen LogP contribution < -0.4 is 4.90 Å². The van der Waals surface area contributed by atoms with Gasteiger partial charge in [-0.05, 0) is 58.6 Å². The number of aryl methyl sites for hydroxylation is 1. The molecule has 1 aromatic heterocycles. The summed E-state index contributed by atoms with van der Waals surface area (Å²) in [5.41, 5.74) is 2.16. The zero-order valence-corrected chi connectivity index (χ0v) is 12.6. The van der Waals surface area contributed by atoms with E-state index >= 15 is 0 Å². The molecule has 0 aliphatic carbocycles. The van der Waals surface area contributed by atoms with Crippen molar-refractivity contribution in [2.75, 3.05) is 18.5 Å². The number of likely N-dealkylation sites (N-methyl/N-ethyl adjacent to an activating group) is 1. The molecule has 0 fully saturated rings.